The molecule has 2 rings (SSSR count). The van der Waals surface area contributed by atoms with Crippen molar-refractivity contribution in [1.82, 2.24) is 10.8 Å². The summed E-state index contributed by atoms with van der Waals surface area (Å²) in [5, 5.41) is 13.1. The van der Waals surface area contributed by atoms with Crippen LogP contribution in [0.3, 0.4) is 0 Å². The standard InChI is InChI=1S/C19H17N3O3S/c1-13(20)17(19(24)22-25)21-18(23)15-10-8-14(9-11-15)5-2-3-6-16-7-4-12-26-16/h4,7-13,17,25H,20H2,1H3,(H,21,23)(H,22,24)/t13-,17?/m1/s1. The maximum Gasteiger partial charge on any atom is 0.267 e. The lowest BCUT2D eigenvalue weighted by molar-refractivity contribution is -0.131. The molecule has 1 heterocycles. The smallest absolute Gasteiger partial charge is 0.267 e. The van der Waals surface area contributed by atoms with Gasteiger partial charge in [0, 0.05) is 17.2 Å². The summed E-state index contributed by atoms with van der Waals surface area (Å²) in [6, 6.07) is 8.66. The van der Waals surface area contributed by atoms with Crippen molar-refractivity contribution in [3.63, 3.8) is 0 Å². The van der Waals surface area contributed by atoms with E-state index in [9.17, 15) is 9.59 Å². The molecule has 0 radical (unpaired) electrons. The Morgan fingerprint density at radius 2 is 1.85 bits per heavy atom. The molecule has 0 bridgehead atoms. The molecule has 0 aliphatic rings. The van der Waals surface area contributed by atoms with Crippen LogP contribution < -0.4 is 16.5 Å². The van der Waals surface area contributed by atoms with Crippen LogP contribution in [0.1, 0.15) is 27.7 Å². The zero-order valence-corrected chi connectivity index (χ0v) is 14.8. The number of nitrogens with one attached hydrogen (secondary N) is 2. The summed E-state index contributed by atoms with van der Waals surface area (Å²) < 4.78 is 0. The first kappa shape index (κ1) is 19.2. The molecule has 1 aromatic carbocycles. The van der Waals surface area contributed by atoms with Crippen molar-refractivity contribution in [2.45, 2.75) is 19.0 Å². The number of nitrogens with two attached hydrogens (primary N) is 1. The van der Waals surface area contributed by atoms with Crippen molar-refractivity contribution in [3.05, 3.63) is 57.8 Å². The zero-order chi connectivity index (χ0) is 18.9. The highest BCUT2D eigenvalue weighted by Gasteiger charge is 2.24. The van der Waals surface area contributed by atoms with Crippen LogP contribution in [0, 0.1) is 23.7 Å². The van der Waals surface area contributed by atoms with Gasteiger partial charge in [0.1, 0.15) is 6.04 Å². The fourth-order valence-electron chi connectivity index (χ4n) is 1.98. The minimum Gasteiger partial charge on any atom is -0.339 e. The van der Waals surface area contributed by atoms with E-state index in [0.29, 0.717) is 11.1 Å². The molecular weight excluding hydrogens is 350 g/mol. The molecule has 26 heavy (non-hydrogen) atoms. The molecule has 5 N–H and O–H groups in total. The van der Waals surface area contributed by atoms with Crippen molar-refractivity contribution in [3.8, 4) is 23.7 Å². The normalized spacial score (nSPS) is 11.8. The number of hydrogen-bond acceptors (Lipinski definition) is 5. The van der Waals surface area contributed by atoms with E-state index in [2.05, 4.69) is 29.0 Å². The third-order valence-corrected chi connectivity index (χ3v) is 4.11. The number of rotatable bonds is 4. The van der Waals surface area contributed by atoms with Crippen molar-refractivity contribution in [1.29, 1.82) is 0 Å². The Morgan fingerprint density at radius 3 is 2.42 bits per heavy atom. The Bertz CT molecular complexity index is 882. The highest BCUT2D eigenvalue weighted by atomic mass is 32.1. The second-order valence-electron chi connectivity index (χ2n) is 5.34. The quantitative estimate of drug-likeness (QED) is 0.369. The summed E-state index contributed by atoms with van der Waals surface area (Å²) in [5.41, 5.74) is 8.19. The lowest BCUT2D eigenvalue weighted by Gasteiger charge is -2.19. The van der Waals surface area contributed by atoms with Gasteiger partial charge in [-0.25, -0.2) is 5.48 Å². The Hall–Kier alpha value is -3.10. The minimum absolute atomic E-state index is 0.344. The average Bonchev–Trinajstić information content (AvgIpc) is 3.16. The van der Waals surface area contributed by atoms with Crippen LogP contribution >= 0.6 is 11.3 Å². The van der Waals surface area contributed by atoms with E-state index >= 15 is 0 Å². The minimum atomic E-state index is -1.04. The topological polar surface area (TPSA) is 104 Å². The van der Waals surface area contributed by atoms with Gasteiger partial charge in [-0.15, -0.1) is 11.3 Å². The van der Waals surface area contributed by atoms with Crippen LogP contribution in [0.5, 0.6) is 0 Å². The van der Waals surface area contributed by atoms with E-state index in [0.717, 1.165) is 4.88 Å². The lowest BCUT2D eigenvalue weighted by atomic mass is 10.1. The zero-order valence-electron chi connectivity index (χ0n) is 13.9. The first-order valence-electron chi connectivity index (χ1n) is 7.67. The van der Waals surface area contributed by atoms with Gasteiger partial charge < -0.3 is 11.1 Å². The molecular formula is C19H17N3O3S. The monoisotopic (exact) mass is 367 g/mol. The SMILES string of the molecule is C[C@@H](N)C(NC(=O)c1ccc(C#CC#Cc2cccs2)cc1)C(=O)NO. The molecule has 132 valence electrons. The summed E-state index contributed by atoms with van der Waals surface area (Å²) in [7, 11) is 0. The van der Waals surface area contributed by atoms with Gasteiger partial charge in [-0.3, -0.25) is 14.8 Å². The van der Waals surface area contributed by atoms with E-state index in [1.165, 1.54) is 5.48 Å². The van der Waals surface area contributed by atoms with Gasteiger partial charge in [-0.2, -0.15) is 0 Å². The predicted molar refractivity (Wildman–Crippen MR) is 99.3 cm³/mol. The molecule has 7 heteroatoms. The second kappa shape index (κ2) is 9.40. The molecule has 2 atom stereocenters. The van der Waals surface area contributed by atoms with E-state index in [4.69, 9.17) is 10.9 Å². The maximum absolute atomic E-state index is 12.2. The van der Waals surface area contributed by atoms with Crippen LogP contribution in [-0.2, 0) is 4.79 Å². The maximum atomic E-state index is 12.2. The van der Waals surface area contributed by atoms with E-state index in [1.54, 1.807) is 42.5 Å². The Labute approximate surface area is 155 Å². The van der Waals surface area contributed by atoms with E-state index in [-0.39, 0.29) is 0 Å². The molecule has 0 spiro atoms. The molecule has 2 amide bonds. The molecule has 0 aliphatic heterocycles. The predicted octanol–water partition coefficient (Wildman–Crippen LogP) is 1.10. The largest absolute Gasteiger partial charge is 0.339 e. The lowest BCUT2D eigenvalue weighted by Crippen LogP contribution is -2.54. The number of hydroxylamine groups is 1. The first-order valence-corrected chi connectivity index (χ1v) is 8.55. The Kier molecular flexibility index (Phi) is 6.95. The molecule has 0 aliphatic carbocycles. The molecule has 6 nitrogen and oxygen atoms in total. The number of hydrogen-bond donors (Lipinski definition) is 4. The average molecular weight is 367 g/mol. The summed E-state index contributed by atoms with van der Waals surface area (Å²) >= 11 is 1.55. The Morgan fingerprint density at radius 1 is 1.15 bits per heavy atom. The van der Waals surface area contributed by atoms with E-state index < -0.39 is 23.9 Å². The van der Waals surface area contributed by atoms with Crippen molar-refractivity contribution < 1.29 is 14.8 Å². The van der Waals surface area contributed by atoms with Crippen LogP contribution in [0.25, 0.3) is 0 Å². The molecule has 0 fully saturated rings. The highest BCUT2D eigenvalue weighted by Crippen LogP contribution is 2.06. The molecule has 2 aromatic rings. The molecule has 0 saturated carbocycles. The van der Waals surface area contributed by atoms with Gasteiger partial charge in [0.05, 0.1) is 4.88 Å². The van der Waals surface area contributed by atoms with Gasteiger partial charge in [-0.05, 0) is 60.4 Å². The van der Waals surface area contributed by atoms with Gasteiger partial charge in [0.15, 0.2) is 0 Å². The van der Waals surface area contributed by atoms with Crippen molar-refractivity contribution in [2.75, 3.05) is 0 Å². The third-order valence-electron chi connectivity index (χ3n) is 3.33. The fraction of sp³-hybridized carbons (Fsp3) is 0.158. The number of thiophene rings is 1. The van der Waals surface area contributed by atoms with Gasteiger partial charge in [0.25, 0.3) is 11.8 Å². The summed E-state index contributed by atoms with van der Waals surface area (Å²) in [5.74, 6) is 10.1. The van der Waals surface area contributed by atoms with Crippen LogP contribution in [0.2, 0.25) is 0 Å². The van der Waals surface area contributed by atoms with E-state index in [1.807, 2.05) is 17.5 Å². The molecule has 1 unspecified atom stereocenters. The van der Waals surface area contributed by atoms with Gasteiger partial charge in [-0.1, -0.05) is 12.0 Å². The Balaban J connectivity index is 2.02. The van der Waals surface area contributed by atoms with Gasteiger partial charge >= 0.3 is 0 Å². The molecule has 1 aromatic heterocycles. The molecule has 0 saturated heterocycles. The number of carbonyl (C=O) groups is 2. The number of carbonyl (C=O) groups excluding carboxylic acids is 2. The van der Waals surface area contributed by atoms with Gasteiger partial charge in [0.2, 0.25) is 0 Å². The number of amides is 2. The van der Waals surface area contributed by atoms with Crippen molar-refractivity contribution in [2.24, 2.45) is 5.73 Å². The van der Waals surface area contributed by atoms with Crippen LogP contribution in [0.4, 0.5) is 0 Å². The summed E-state index contributed by atoms with van der Waals surface area (Å²) in [4.78, 5) is 24.7. The van der Waals surface area contributed by atoms with Crippen LogP contribution in [-0.4, -0.2) is 29.1 Å². The highest BCUT2D eigenvalue weighted by molar-refractivity contribution is 7.10. The summed E-state index contributed by atoms with van der Waals surface area (Å²) in [6.45, 7) is 1.55. The second-order valence-corrected chi connectivity index (χ2v) is 6.29. The van der Waals surface area contributed by atoms with Crippen LogP contribution in [0.15, 0.2) is 41.8 Å². The first-order chi connectivity index (χ1) is 12.5. The number of benzene rings is 1. The summed E-state index contributed by atoms with van der Waals surface area (Å²) in [6.07, 6.45) is 0. The fourth-order valence-corrected chi connectivity index (χ4v) is 2.55. The third kappa shape index (κ3) is 5.47. The van der Waals surface area contributed by atoms with Crippen molar-refractivity contribution >= 4 is 23.2 Å².